The molecule has 1 atom stereocenters. The number of aryl methyl sites for hydroxylation is 3. The van der Waals surface area contributed by atoms with Crippen LogP contribution in [0.1, 0.15) is 17.5 Å². The van der Waals surface area contributed by atoms with Gasteiger partial charge in [0.2, 0.25) is 0 Å². The summed E-state index contributed by atoms with van der Waals surface area (Å²) in [4.78, 5) is 25.4. The predicted molar refractivity (Wildman–Crippen MR) is 127 cm³/mol. The summed E-state index contributed by atoms with van der Waals surface area (Å²) < 4.78 is 14.7. The Labute approximate surface area is 194 Å². The Hall–Kier alpha value is -3.52. The van der Waals surface area contributed by atoms with Gasteiger partial charge in [-0.05, 0) is 72.9 Å². The third-order valence-corrected chi connectivity index (χ3v) is 6.72. The van der Waals surface area contributed by atoms with Crippen LogP contribution in [0.15, 0.2) is 70.4 Å². The van der Waals surface area contributed by atoms with Gasteiger partial charge in [-0.1, -0.05) is 35.5 Å². The molecule has 3 aromatic carbocycles. The zero-order chi connectivity index (χ0) is 23.5. The Bertz CT molecular complexity index is 1390. The minimum Gasteiger partial charge on any atom is -0.480 e. The molecule has 0 fully saturated rings. The standard InChI is InChI=1S/C25H22FN3O3S/c1-15-4-3-5-20-23(15)27-28-29(24(20)30)13-12-22(25(31)32)33-19-9-6-17(7-10-19)18-8-11-21(26)16(2)14-18/h3-11,14,22H,12-13H2,1-2H3,(H,31,32). The van der Waals surface area contributed by atoms with E-state index in [0.717, 1.165) is 21.6 Å². The molecular formula is C25H22FN3O3S. The van der Waals surface area contributed by atoms with Crippen molar-refractivity contribution in [3.05, 3.63) is 88.0 Å². The molecule has 1 N–H and O–H groups in total. The Morgan fingerprint density at radius 3 is 2.48 bits per heavy atom. The van der Waals surface area contributed by atoms with Crippen molar-refractivity contribution in [2.24, 2.45) is 0 Å². The summed E-state index contributed by atoms with van der Waals surface area (Å²) in [7, 11) is 0. The largest absolute Gasteiger partial charge is 0.480 e. The van der Waals surface area contributed by atoms with Crippen molar-refractivity contribution in [1.29, 1.82) is 0 Å². The molecule has 0 aliphatic heterocycles. The highest BCUT2D eigenvalue weighted by Crippen LogP contribution is 2.29. The highest BCUT2D eigenvalue weighted by Gasteiger charge is 2.20. The third kappa shape index (κ3) is 4.96. The van der Waals surface area contributed by atoms with E-state index in [9.17, 15) is 19.1 Å². The number of carboxylic acid groups (broad SMARTS) is 1. The van der Waals surface area contributed by atoms with E-state index in [-0.39, 0.29) is 24.3 Å². The van der Waals surface area contributed by atoms with Gasteiger partial charge in [0.05, 0.1) is 5.39 Å². The van der Waals surface area contributed by atoms with Gasteiger partial charge in [-0.2, -0.15) is 0 Å². The number of fused-ring (bicyclic) bond motifs is 1. The number of benzene rings is 3. The minimum atomic E-state index is -0.962. The maximum Gasteiger partial charge on any atom is 0.317 e. The summed E-state index contributed by atoms with van der Waals surface area (Å²) in [5, 5.41) is 17.5. The molecule has 33 heavy (non-hydrogen) atoms. The van der Waals surface area contributed by atoms with Crippen molar-refractivity contribution in [3.63, 3.8) is 0 Å². The van der Waals surface area contributed by atoms with E-state index in [2.05, 4.69) is 10.3 Å². The topological polar surface area (TPSA) is 85.1 Å². The zero-order valence-electron chi connectivity index (χ0n) is 18.2. The van der Waals surface area contributed by atoms with E-state index < -0.39 is 11.2 Å². The quantitative estimate of drug-likeness (QED) is 0.395. The highest BCUT2D eigenvalue weighted by atomic mass is 32.2. The van der Waals surface area contributed by atoms with Gasteiger partial charge in [0.15, 0.2) is 0 Å². The first-order chi connectivity index (χ1) is 15.8. The molecule has 6 nitrogen and oxygen atoms in total. The monoisotopic (exact) mass is 463 g/mol. The average Bonchev–Trinajstić information content (AvgIpc) is 2.80. The molecule has 1 unspecified atom stereocenters. The van der Waals surface area contributed by atoms with Crippen molar-refractivity contribution < 1.29 is 14.3 Å². The predicted octanol–water partition coefficient (Wildman–Crippen LogP) is 4.85. The first-order valence-electron chi connectivity index (χ1n) is 10.4. The van der Waals surface area contributed by atoms with Crippen LogP contribution in [0.5, 0.6) is 0 Å². The number of aliphatic carboxylic acids is 1. The number of aromatic nitrogens is 3. The van der Waals surface area contributed by atoms with Gasteiger partial charge in [-0.15, -0.1) is 16.9 Å². The first-order valence-corrected chi connectivity index (χ1v) is 11.3. The molecule has 168 valence electrons. The van der Waals surface area contributed by atoms with Crippen molar-refractivity contribution >= 4 is 28.6 Å². The number of carbonyl (C=O) groups is 1. The molecule has 0 saturated carbocycles. The van der Waals surface area contributed by atoms with E-state index in [0.29, 0.717) is 16.5 Å². The summed E-state index contributed by atoms with van der Waals surface area (Å²) in [6, 6.07) is 17.7. The van der Waals surface area contributed by atoms with Crippen LogP contribution < -0.4 is 5.56 Å². The fourth-order valence-electron chi connectivity index (χ4n) is 3.58. The Morgan fingerprint density at radius 2 is 1.79 bits per heavy atom. The number of halogens is 1. The van der Waals surface area contributed by atoms with Gasteiger partial charge in [0.25, 0.3) is 5.56 Å². The van der Waals surface area contributed by atoms with E-state index in [1.165, 1.54) is 22.5 Å². The van der Waals surface area contributed by atoms with E-state index in [1.54, 1.807) is 31.2 Å². The third-order valence-electron chi connectivity index (χ3n) is 5.46. The molecule has 0 bridgehead atoms. The molecular weight excluding hydrogens is 441 g/mol. The molecule has 0 aliphatic rings. The average molecular weight is 464 g/mol. The van der Waals surface area contributed by atoms with Gasteiger partial charge in [-0.25, -0.2) is 9.07 Å². The number of hydrogen-bond donors (Lipinski definition) is 1. The lowest BCUT2D eigenvalue weighted by Gasteiger charge is -2.13. The summed E-state index contributed by atoms with van der Waals surface area (Å²) in [6.45, 7) is 3.72. The van der Waals surface area contributed by atoms with Crippen molar-refractivity contribution in [1.82, 2.24) is 15.0 Å². The van der Waals surface area contributed by atoms with Crippen LogP contribution in [-0.2, 0) is 11.3 Å². The SMILES string of the molecule is Cc1cc(-c2ccc(SC(CCn3nnc4c(C)cccc4c3=O)C(=O)O)cc2)ccc1F. The van der Waals surface area contributed by atoms with Gasteiger partial charge in [0, 0.05) is 11.4 Å². The van der Waals surface area contributed by atoms with Crippen molar-refractivity contribution in [3.8, 4) is 11.1 Å². The van der Waals surface area contributed by atoms with E-state index in [1.807, 2.05) is 37.3 Å². The summed E-state index contributed by atoms with van der Waals surface area (Å²) in [5.41, 5.74) is 3.52. The molecule has 0 spiro atoms. The smallest absolute Gasteiger partial charge is 0.317 e. The zero-order valence-corrected chi connectivity index (χ0v) is 19.0. The van der Waals surface area contributed by atoms with Gasteiger partial charge in [-0.3, -0.25) is 9.59 Å². The molecule has 4 aromatic rings. The lowest BCUT2D eigenvalue weighted by atomic mass is 10.0. The number of rotatable bonds is 7. The summed E-state index contributed by atoms with van der Waals surface area (Å²) in [5.74, 6) is -1.21. The van der Waals surface area contributed by atoms with E-state index >= 15 is 0 Å². The fourth-order valence-corrected chi connectivity index (χ4v) is 4.52. The summed E-state index contributed by atoms with van der Waals surface area (Å²) >= 11 is 1.21. The summed E-state index contributed by atoms with van der Waals surface area (Å²) in [6.07, 6.45) is 0.213. The molecule has 1 aromatic heterocycles. The molecule has 0 radical (unpaired) electrons. The van der Waals surface area contributed by atoms with Gasteiger partial charge in [0.1, 0.15) is 16.6 Å². The van der Waals surface area contributed by atoms with Gasteiger partial charge < -0.3 is 5.11 Å². The van der Waals surface area contributed by atoms with Crippen LogP contribution in [0.3, 0.4) is 0 Å². The second kappa shape index (κ2) is 9.54. The molecule has 0 saturated heterocycles. The number of carboxylic acids is 1. The van der Waals surface area contributed by atoms with Crippen molar-refractivity contribution in [2.75, 3.05) is 0 Å². The Balaban J connectivity index is 1.48. The second-order valence-electron chi connectivity index (χ2n) is 7.81. The lowest BCUT2D eigenvalue weighted by Crippen LogP contribution is -2.27. The Kier molecular flexibility index (Phi) is 6.55. The first kappa shape index (κ1) is 22.7. The normalized spacial score (nSPS) is 12.1. The minimum absolute atomic E-state index is 0.145. The van der Waals surface area contributed by atoms with Crippen LogP contribution in [0.4, 0.5) is 4.39 Å². The maximum absolute atomic E-state index is 13.5. The molecule has 0 aliphatic carbocycles. The maximum atomic E-state index is 13.5. The number of thioether (sulfide) groups is 1. The highest BCUT2D eigenvalue weighted by molar-refractivity contribution is 8.00. The fraction of sp³-hybridized carbons (Fsp3) is 0.200. The van der Waals surface area contributed by atoms with E-state index in [4.69, 9.17) is 0 Å². The van der Waals surface area contributed by atoms with Crippen molar-refractivity contribution in [2.45, 2.75) is 37.0 Å². The van der Waals surface area contributed by atoms with Crippen LogP contribution in [0.25, 0.3) is 22.0 Å². The number of nitrogens with zero attached hydrogens (tertiary/aromatic N) is 3. The molecule has 0 amide bonds. The molecule has 8 heteroatoms. The second-order valence-corrected chi connectivity index (χ2v) is 9.09. The van der Waals surface area contributed by atoms with Crippen LogP contribution in [0, 0.1) is 19.7 Å². The molecule has 1 heterocycles. The molecule has 4 rings (SSSR count). The van der Waals surface area contributed by atoms with Crippen LogP contribution in [-0.4, -0.2) is 31.3 Å². The van der Waals surface area contributed by atoms with Crippen LogP contribution >= 0.6 is 11.8 Å². The Morgan fingerprint density at radius 1 is 1.06 bits per heavy atom. The lowest BCUT2D eigenvalue weighted by molar-refractivity contribution is -0.136. The van der Waals surface area contributed by atoms with Crippen LogP contribution in [0.2, 0.25) is 0 Å². The number of hydrogen-bond acceptors (Lipinski definition) is 5. The van der Waals surface area contributed by atoms with Gasteiger partial charge >= 0.3 is 5.97 Å².